The molecule has 1 aliphatic heterocycles. The lowest BCUT2D eigenvalue weighted by atomic mass is 9.89. The maximum Gasteiger partial charge on any atom is 0.336 e. The van der Waals surface area contributed by atoms with E-state index in [9.17, 15) is 24.6 Å². The number of carboxylic acids is 1. The van der Waals surface area contributed by atoms with Crippen LogP contribution in [0.25, 0.3) is 33.4 Å². The number of hydrogen-bond donors (Lipinski definition) is 2. The minimum absolute atomic E-state index is 0.0210. The molecule has 1 aliphatic carbocycles. The van der Waals surface area contributed by atoms with Crippen LogP contribution in [-0.2, 0) is 0 Å². The largest absolute Gasteiger partial charge is 0.508 e. The molecule has 0 saturated carbocycles. The Morgan fingerprint density at radius 3 is 2.40 bits per heavy atom. The molecular formula is C28H27NO6. The van der Waals surface area contributed by atoms with Gasteiger partial charge in [0, 0.05) is 47.3 Å². The van der Waals surface area contributed by atoms with E-state index >= 15 is 0 Å². The van der Waals surface area contributed by atoms with Gasteiger partial charge in [-0.05, 0) is 54.8 Å². The van der Waals surface area contributed by atoms with Crippen LogP contribution in [-0.4, -0.2) is 40.1 Å². The van der Waals surface area contributed by atoms with Gasteiger partial charge in [-0.25, -0.2) is 4.79 Å². The van der Waals surface area contributed by atoms with E-state index in [0.717, 1.165) is 19.3 Å². The van der Waals surface area contributed by atoms with Crippen LogP contribution in [0.2, 0.25) is 0 Å². The maximum absolute atomic E-state index is 13.2. The third-order valence-corrected chi connectivity index (χ3v) is 6.01. The van der Waals surface area contributed by atoms with Crippen LogP contribution in [0.3, 0.4) is 0 Å². The number of carbonyl (C=O) groups excluding carboxylic acids is 1. The summed E-state index contributed by atoms with van der Waals surface area (Å²) in [6, 6.07) is 13.6. The van der Waals surface area contributed by atoms with Crippen molar-refractivity contribution in [3.05, 3.63) is 75.9 Å². The number of phenols is 1. The van der Waals surface area contributed by atoms with Crippen molar-refractivity contribution in [3.63, 3.8) is 0 Å². The lowest BCUT2D eigenvalue weighted by molar-refractivity contribution is 0.0697. The minimum Gasteiger partial charge on any atom is -0.508 e. The fraction of sp³-hybridized carbons (Fsp3) is 0.250. The van der Waals surface area contributed by atoms with Gasteiger partial charge in [-0.15, -0.1) is 0 Å². The van der Waals surface area contributed by atoms with Crippen LogP contribution >= 0.6 is 0 Å². The number of rotatable bonds is 8. The van der Waals surface area contributed by atoms with Crippen LogP contribution in [0.4, 0.5) is 0 Å². The van der Waals surface area contributed by atoms with Crippen LogP contribution in [0, 0.1) is 0 Å². The van der Waals surface area contributed by atoms with E-state index in [1.165, 1.54) is 30.3 Å². The first-order valence-electron chi connectivity index (χ1n) is 11.7. The quantitative estimate of drug-likeness (QED) is 0.322. The summed E-state index contributed by atoms with van der Waals surface area (Å²) >= 11 is 0. The fourth-order valence-corrected chi connectivity index (χ4v) is 4.34. The van der Waals surface area contributed by atoms with Crippen LogP contribution in [0.15, 0.2) is 63.8 Å². The molecule has 35 heavy (non-hydrogen) atoms. The van der Waals surface area contributed by atoms with Crippen molar-refractivity contribution in [1.29, 1.82) is 0 Å². The number of aromatic carboxylic acids is 1. The molecule has 0 fully saturated rings. The third kappa shape index (κ3) is 4.75. The summed E-state index contributed by atoms with van der Waals surface area (Å²) < 4.78 is 5.86. The van der Waals surface area contributed by atoms with Gasteiger partial charge in [0.15, 0.2) is 5.43 Å². The van der Waals surface area contributed by atoms with E-state index in [4.69, 9.17) is 4.42 Å². The van der Waals surface area contributed by atoms with Gasteiger partial charge >= 0.3 is 5.97 Å². The highest BCUT2D eigenvalue weighted by Gasteiger charge is 2.24. The Labute approximate surface area is 202 Å². The number of carboxylic acid groups (broad SMARTS) is 1. The summed E-state index contributed by atoms with van der Waals surface area (Å²) in [5, 5.41) is 20.6. The highest BCUT2D eigenvalue weighted by molar-refractivity contribution is 6.09. The standard InChI is InChI=1S/C28H27NO6/c1-3-5-13-29(12-4-2)27(32)17-6-9-20(23(14-17)28(33)34)26-21-10-7-18(30)15-24(21)35-25-16-19(31)8-11-22(25)26/h6-11,14-16,30H,3-5,12-13H2,1-2H3,(H,33,34). The number of benzene rings is 3. The average Bonchev–Trinajstić information content (AvgIpc) is 2.84. The van der Waals surface area contributed by atoms with Gasteiger partial charge in [-0.1, -0.05) is 26.3 Å². The first-order chi connectivity index (χ1) is 16.8. The van der Waals surface area contributed by atoms with Crippen molar-refractivity contribution in [2.45, 2.75) is 33.1 Å². The van der Waals surface area contributed by atoms with Gasteiger partial charge in [0.2, 0.25) is 0 Å². The molecule has 0 spiro atoms. The number of nitrogens with zero attached hydrogens (tertiary/aromatic N) is 1. The van der Waals surface area contributed by atoms with Gasteiger partial charge in [-0.2, -0.15) is 0 Å². The molecule has 0 unspecified atom stereocenters. The molecule has 7 nitrogen and oxygen atoms in total. The van der Waals surface area contributed by atoms with Gasteiger partial charge in [-0.3, -0.25) is 9.59 Å². The summed E-state index contributed by atoms with van der Waals surface area (Å²) in [7, 11) is 0. The lowest BCUT2D eigenvalue weighted by Crippen LogP contribution is -2.32. The molecule has 2 N–H and O–H groups in total. The van der Waals surface area contributed by atoms with E-state index < -0.39 is 5.97 Å². The Morgan fingerprint density at radius 2 is 1.69 bits per heavy atom. The van der Waals surface area contributed by atoms with Crippen molar-refractivity contribution in [3.8, 4) is 28.2 Å². The minimum atomic E-state index is -1.17. The van der Waals surface area contributed by atoms with Crippen LogP contribution in [0.5, 0.6) is 5.75 Å². The Kier molecular flexibility index (Phi) is 6.87. The topological polar surface area (TPSA) is 108 Å². The zero-order valence-electron chi connectivity index (χ0n) is 19.7. The molecule has 2 aromatic rings. The van der Waals surface area contributed by atoms with E-state index in [-0.39, 0.29) is 28.4 Å². The van der Waals surface area contributed by atoms with Gasteiger partial charge in [0.25, 0.3) is 5.91 Å². The van der Waals surface area contributed by atoms with Gasteiger partial charge in [0.1, 0.15) is 17.1 Å². The first kappa shape index (κ1) is 24.0. The second kappa shape index (κ2) is 10.0. The van der Waals surface area contributed by atoms with Gasteiger partial charge in [0.05, 0.1) is 5.56 Å². The van der Waals surface area contributed by atoms with E-state index in [2.05, 4.69) is 6.92 Å². The third-order valence-electron chi connectivity index (χ3n) is 6.01. The fourth-order valence-electron chi connectivity index (χ4n) is 4.34. The van der Waals surface area contributed by atoms with E-state index in [1.807, 2.05) is 6.92 Å². The molecule has 0 saturated heterocycles. The number of carbonyl (C=O) groups is 2. The van der Waals surface area contributed by atoms with E-state index in [0.29, 0.717) is 46.3 Å². The van der Waals surface area contributed by atoms with Crippen molar-refractivity contribution in [1.82, 2.24) is 4.90 Å². The summed E-state index contributed by atoms with van der Waals surface area (Å²) in [6.07, 6.45) is 2.63. The SMILES string of the molecule is CCCCN(CCC)C(=O)c1ccc(-c2c3ccc(=O)cc-3oc3cc(O)ccc23)c(C(=O)O)c1. The molecule has 180 valence electrons. The molecule has 2 aromatic carbocycles. The van der Waals surface area contributed by atoms with Crippen LogP contribution in [0.1, 0.15) is 53.8 Å². The molecule has 4 rings (SSSR count). The highest BCUT2D eigenvalue weighted by atomic mass is 16.4. The Balaban J connectivity index is 1.93. The average molecular weight is 474 g/mol. The summed E-state index contributed by atoms with van der Waals surface area (Å²) in [5.74, 6) is -1.12. The molecule has 2 aliphatic rings. The predicted octanol–water partition coefficient (Wildman–Crippen LogP) is 5.62. The molecular weight excluding hydrogens is 446 g/mol. The number of hydrogen-bond acceptors (Lipinski definition) is 5. The predicted molar refractivity (Wildman–Crippen MR) is 134 cm³/mol. The van der Waals surface area contributed by atoms with Gasteiger partial charge < -0.3 is 19.5 Å². The first-order valence-corrected chi connectivity index (χ1v) is 11.7. The second-order valence-corrected chi connectivity index (χ2v) is 8.53. The molecule has 1 heterocycles. The number of aromatic hydroxyl groups is 1. The smallest absolute Gasteiger partial charge is 0.336 e. The monoisotopic (exact) mass is 473 g/mol. The lowest BCUT2D eigenvalue weighted by Gasteiger charge is -2.23. The van der Waals surface area contributed by atoms with Crippen molar-refractivity contribution >= 4 is 22.8 Å². The second-order valence-electron chi connectivity index (χ2n) is 8.53. The van der Waals surface area contributed by atoms with Crippen LogP contribution < -0.4 is 5.43 Å². The number of phenolic OH excluding ortho intramolecular Hbond substituents is 1. The normalized spacial score (nSPS) is 11.1. The molecule has 7 heteroatoms. The molecule has 1 amide bonds. The summed E-state index contributed by atoms with van der Waals surface area (Å²) in [4.78, 5) is 39.3. The van der Waals surface area contributed by atoms with Crippen molar-refractivity contribution in [2.75, 3.05) is 13.1 Å². The molecule has 0 bridgehead atoms. The van der Waals surface area contributed by atoms with Crippen molar-refractivity contribution in [2.24, 2.45) is 0 Å². The Hall–Kier alpha value is -4.13. The molecule has 0 radical (unpaired) electrons. The van der Waals surface area contributed by atoms with Crippen molar-refractivity contribution < 1.29 is 24.2 Å². The van der Waals surface area contributed by atoms with E-state index in [1.54, 1.807) is 29.2 Å². The number of amides is 1. The highest BCUT2D eigenvalue weighted by Crippen LogP contribution is 2.42. The zero-order valence-corrected chi connectivity index (χ0v) is 19.7. The molecule has 0 atom stereocenters. The zero-order chi connectivity index (χ0) is 25.1. The summed E-state index contributed by atoms with van der Waals surface area (Å²) in [5.41, 5.74) is 1.83. The summed E-state index contributed by atoms with van der Waals surface area (Å²) in [6.45, 7) is 5.27. The number of fused-ring (bicyclic) bond motifs is 2. The Bertz CT molecular complexity index is 1440. The Morgan fingerprint density at radius 1 is 0.914 bits per heavy atom. The number of unbranched alkanes of at least 4 members (excludes halogenated alkanes) is 1. The molecule has 0 aromatic heterocycles. The maximum atomic E-state index is 13.2.